The first-order chi connectivity index (χ1) is 17.2. The maximum Gasteiger partial charge on any atom is 0.170 e. The summed E-state index contributed by atoms with van der Waals surface area (Å²) >= 11 is 0. The quantitative estimate of drug-likeness (QED) is 0.277. The lowest BCUT2D eigenvalue weighted by molar-refractivity contribution is 0.172. The van der Waals surface area contributed by atoms with Crippen molar-refractivity contribution in [3.05, 3.63) is 100 Å². The van der Waals surface area contributed by atoms with Crippen LogP contribution < -0.4 is 0 Å². The molecule has 4 aromatic rings. The molecule has 1 saturated heterocycles. The number of hydrogen-bond acceptors (Lipinski definition) is 4. The second-order valence-corrected chi connectivity index (χ2v) is 9.60. The van der Waals surface area contributed by atoms with Crippen LogP contribution in [-0.2, 0) is 13.0 Å². The van der Waals surface area contributed by atoms with Gasteiger partial charge in [-0.3, -0.25) is 4.90 Å². The lowest BCUT2D eigenvalue weighted by Gasteiger charge is -2.31. The molecule has 0 bridgehead atoms. The third kappa shape index (κ3) is 5.53. The Balaban J connectivity index is 1.18. The predicted octanol–water partition coefficient (Wildman–Crippen LogP) is 7.02. The van der Waals surface area contributed by atoms with Crippen LogP contribution in [0.15, 0.2) is 71.3 Å². The highest BCUT2D eigenvalue weighted by atomic mass is 16.5. The first-order valence-corrected chi connectivity index (χ1v) is 12.5. The Morgan fingerprint density at radius 1 is 1.00 bits per heavy atom. The van der Waals surface area contributed by atoms with Gasteiger partial charge in [0.05, 0.1) is 17.3 Å². The van der Waals surface area contributed by atoms with Crippen LogP contribution in [0.3, 0.4) is 0 Å². The minimum Gasteiger partial charge on any atom is -0.356 e. The van der Waals surface area contributed by atoms with Gasteiger partial charge in [0.2, 0.25) is 0 Å². The van der Waals surface area contributed by atoms with Crippen LogP contribution in [-0.4, -0.2) is 23.1 Å². The zero-order valence-electron chi connectivity index (χ0n) is 20.3. The van der Waals surface area contributed by atoms with Crippen LogP contribution in [0.1, 0.15) is 52.8 Å². The lowest BCUT2D eigenvalue weighted by Crippen LogP contribution is -2.33. The van der Waals surface area contributed by atoms with Crippen molar-refractivity contribution in [2.45, 2.75) is 39.2 Å². The highest BCUT2D eigenvalue weighted by molar-refractivity contribution is 5.87. The molecule has 176 valence electrons. The maximum atomic E-state index is 8.96. The molecule has 0 amide bonds. The van der Waals surface area contributed by atoms with Gasteiger partial charge in [-0.15, -0.1) is 0 Å². The van der Waals surface area contributed by atoms with Gasteiger partial charge in [-0.2, -0.15) is 5.26 Å². The Hall–Kier alpha value is -3.68. The topological polar surface area (TPSA) is 53.1 Å². The smallest absolute Gasteiger partial charge is 0.170 e. The molecule has 0 spiro atoms. The van der Waals surface area contributed by atoms with E-state index in [9.17, 15) is 0 Å². The van der Waals surface area contributed by atoms with E-state index >= 15 is 0 Å². The zero-order chi connectivity index (χ0) is 24.0. The molecule has 0 unspecified atom stereocenters. The number of aryl methyl sites for hydroxylation is 2. The summed E-state index contributed by atoms with van der Waals surface area (Å²) < 4.78 is 5.80. The molecule has 2 heterocycles. The Morgan fingerprint density at radius 3 is 2.51 bits per heavy atom. The van der Waals surface area contributed by atoms with E-state index in [4.69, 9.17) is 9.78 Å². The van der Waals surface area contributed by atoms with Gasteiger partial charge in [0, 0.05) is 17.5 Å². The molecular formula is C31H31N3O. The average molecular weight is 462 g/mol. The third-order valence-electron chi connectivity index (χ3n) is 7.25. The Labute approximate surface area is 207 Å². The first kappa shape index (κ1) is 23.1. The maximum absolute atomic E-state index is 8.96. The van der Waals surface area contributed by atoms with Crippen molar-refractivity contribution in [3.8, 4) is 6.07 Å². The number of piperidine rings is 1. The molecule has 0 aliphatic carbocycles. The number of fused-ring (bicyclic) bond motifs is 1. The van der Waals surface area contributed by atoms with Crippen molar-refractivity contribution >= 4 is 23.1 Å². The van der Waals surface area contributed by atoms with Crippen LogP contribution >= 0.6 is 0 Å². The second-order valence-electron chi connectivity index (χ2n) is 9.60. The number of hydrogen-bond donors (Lipinski definition) is 0. The number of likely N-dealkylation sites (tertiary alicyclic amines) is 1. The number of rotatable bonds is 7. The van der Waals surface area contributed by atoms with Gasteiger partial charge in [-0.05, 0) is 86.5 Å². The first-order valence-electron chi connectivity index (χ1n) is 12.5. The summed E-state index contributed by atoms with van der Waals surface area (Å²) in [6.45, 7) is 5.50. The average Bonchev–Trinajstić information content (AvgIpc) is 3.33. The molecule has 4 heteroatoms. The van der Waals surface area contributed by atoms with Gasteiger partial charge in [0.1, 0.15) is 0 Å². The van der Waals surface area contributed by atoms with Crippen molar-refractivity contribution in [3.63, 3.8) is 0 Å². The molecule has 0 saturated carbocycles. The molecule has 1 fully saturated rings. The van der Waals surface area contributed by atoms with Crippen molar-refractivity contribution in [2.75, 3.05) is 13.1 Å². The second kappa shape index (κ2) is 10.7. The molecule has 1 aromatic heterocycles. The van der Waals surface area contributed by atoms with Gasteiger partial charge < -0.3 is 4.52 Å². The highest BCUT2D eigenvalue weighted by Crippen LogP contribution is 2.29. The summed E-state index contributed by atoms with van der Waals surface area (Å²) in [6.07, 6.45) is 8.81. The summed E-state index contributed by atoms with van der Waals surface area (Å²) in [5.41, 5.74) is 7.34. The standard InChI is InChI=1S/C31H31N3O/c1-23-28(13-11-24-7-9-26(21-32)10-8-24)14-15-29-30(33-35-31(23)29)16-12-25-17-19-34(20-18-25)22-27-5-3-2-4-6-27/h2-11,13-15,25H,12,16-20,22H2,1H3. The van der Waals surface area contributed by atoms with E-state index in [1.165, 1.54) is 37.9 Å². The summed E-state index contributed by atoms with van der Waals surface area (Å²) in [7, 11) is 0. The van der Waals surface area contributed by atoms with Crippen LogP contribution in [0.25, 0.3) is 23.1 Å². The lowest BCUT2D eigenvalue weighted by atomic mass is 9.90. The molecular weight excluding hydrogens is 430 g/mol. The largest absolute Gasteiger partial charge is 0.356 e. The van der Waals surface area contributed by atoms with E-state index in [-0.39, 0.29) is 0 Å². The van der Waals surface area contributed by atoms with Crippen LogP contribution in [0.4, 0.5) is 0 Å². The minimum atomic E-state index is 0.673. The normalized spacial score (nSPS) is 15.1. The number of nitrogens with zero attached hydrogens (tertiary/aromatic N) is 3. The van der Waals surface area contributed by atoms with Gasteiger partial charge in [0.15, 0.2) is 5.58 Å². The predicted molar refractivity (Wildman–Crippen MR) is 142 cm³/mol. The SMILES string of the molecule is Cc1c(C=Cc2ccc(C#N)cc2)ccc2c(CCC3CCN(Cc4ccccc4)CC3)noc12. The molecule has 0 radical (unpaired) electrons. The summed E-state index contributed by atoms with van der Waals surface area (Å²) in [6, 6.07) is 24.8. The van der Waals surface area contributed by atoms with E-state index in [1.807, 2.05) is 24.3 Å². The number of benzene rings is 3. The summed E-state index contributed by atoms with van der Waals surface area (Å²) in [5.74, 6) is 0.754. The fourth-order valence-electron chi connectivity index (χ4n) is 5.03. The van der Waals surface area contributed by atoms with E-state index in [2.05, 4.69) is 77.7 Å². The molecule has 1 aliphatic rings. The fraction of sp³-hybridized carbons (Fsp3) is 0.290. The molecule has 3 aromatic carbocycles. The van der Waals surface area contributed by atoms with Gasteiger partial charge in [0.25, 0.3) is 0 Å². The highest BCUT2D eigenvalue weighted by Gasteiger charge is 2.20. The van der Waals surface area contributed by atoms with Crippen molar-refractivity contribution < 1.29 is 4.52 Å². The Bertz CT molecular complexity index is 1340. The molecule has 35 heavy (non-hydrogen) atoms. The Kier molecular flexibility index (Phi) is 7.07. The van der Waals surface area contributed by atoms with E-state index in [1.54, 1.807) is 0 Å². The van der Waals surface area contributed by atoms with Crippen LogP contribution in [0.5, 0.6) is 0 Å². The Morgan fingerprint density at radius 2 is 1.77 bits per heavy atom. The number of aromatic nitrogens is 1. The van der Waals surface area contributed by atoms with E-state index in [0.29, 0.717) is 5.56 Å². The minimum absolute atomic E-state index is 0.673. The van der Waals surface area contributed by atoms with Gasteiger partial charge >= 0.3 is 0 Å². The fourth-order valence-corrected chi connectivity index (χ4v) is 5.03. The van der Waals surface area contributed by atoms with Crippen LogP contribution in [0.2, 0.25) is 0 Å². The zero-order valence-corrected chi connectivity index (χ0v) is 20.3. The molecule has 0 N–H and O–H groups in total. The summed E-state index contributed by atoms with van der Waals surface area (Å²) in [5, 5.41) is 14.5. The summed E-state index contributed by atoms with van der Waals surface area (Å²) in [4.78, 5) is 2.58. The van der Waals surface area contributed by atoms with E-state index in [0.717, 1.165) is 52.2 Å². The van der Waals surface area contributed by atoms with Crippen molar-refractivity contribution in [2.24, 2.45) is 5.92 Å². The van der Waals surface area contributed by atoms with Crippen LogP contribution in [0, 0.1) is 24.2 Å². The van der Waals surface area contributed by atoms with Gasteiger partial charge in [-0.1, -0.05) is 65.8 Å². The number of nitriles is 1. The van der Waals surface area contributed by atoms with Crippen molar-refractivity contribution in [1.82, 2.24) is 10.1 Å². The van der Waals surface area contributed by atoms with Gasteiger partial charge in [-0.25, -0.2) is 0 Å². The third-order valence-corrected chi connectivity index (χ3v) is 7.25. The molecule has 0 atom stereocenters. The molecule has 1 aliphatic heterocycles. The monoisotopic (exact) mass is 461 g/mol. The van der Waals surface area contributed by atoms with Crippen molar-refractivity contribution in [1.29, 1.82) is 5.26 Å². The molecule has 5 rings (SSSR count). The van der Waals surface area contributed by atoms with E-state index < -0.39 is 0 Å². The molecule has 4 nitrogen and oxygen atoms in total.